The zero-order valence-electron chi connectivity index (χ0n) is 22.5. The van der Waals surface area contributed by atoms with Crippen molar-refractivity contribution in [3.05, 3.63) is 99.1 Å². The lowest BCUT2D eigenvalue weighted by Crippen LogP contribution is -2.30. The first kappa shape index (κ1) is 31.8. The van der Waals surface area contributed by atoms with E-state index in [1.54, 1.807) is 0 Å². The molecule has 0 saturated heterocycles. The first-order valence-electron chi connectivity index (χ1n) is 13.0. The quantitative estimate of drug-likeness (QED) is 0.226. The van der Waals surface area contributed by atoms with Gasteiger partial charge in [-0.05, 0) is 37.0 Å². The van der Waals surface area contributed by atoms with Crippen LogP contribution in [0.2, 0.25) is 0 Å². The lowest BCUT2D eigenvalue weighted by atomic mass is 9.84. The van der Waals surface area contributed by atoms with E-state index in [1.807, 2.05) is 0 Å². The predicted octanol–water partition coefficient (Wildman–Crippen LogP) is 7.28. The molecule has 0 amide bonds. The van der Waals surface area contributed by atoms with Crippen molar-refractivity contribution < 1.29 is 39.5 Å². The van der Waals surface area contributed by atoms with Crippen LogP contribution in [0.15, 0.2) is 53.6 Å². The van der Waals surface area contributed by atoms with E-state index >= 15 is 0 Å². The number of benzene rings is 1. The fraction of sp³-hybridized carbons (Fsp3) is 0.357. The number of rotatable bonds is 4. The summed E-state index contributed by atoms with van der Waals surface area (Å²) in [5.74, 6) is -2.90. The van der Waals surface area contributed by atoms with Crippen LogP contribution in [0.4, 0.5) is 39.5 Å². The SMILES string of the molecule is Cn1ncc(-c2cc(C3CCCCC3)c(=O)n(Cc3ncccc3C(F)(F)F)n2)c1C(F)(F)F.Fc1cc(F)cc(F)c1. The summed E-state index contributed by atoms with van der Waals surface area (Å²) in [4.78, 5) is 17.0. The van der Waals surface area contributed by atoms with Gasteiger partial charge in [0.2, 0.25) is 0 Å². The zero-order chi connectivity index (χ0) is 31.5. The molecule has 3 heterocycles. The molecule has 1 fully saturated rings. The van der Waals surface area contributed by atoms with Crippen molar-refractivity contribution in [2.24, 2.45) is 7.05 Å². The topological polar surface area (TPSA) is 65.6 Å². The summed E-state index contributed by atoms with van der Waals surface area (Å²) < 4.78 is 119. The number of hydrogen-bond donors (Lipinski definition) is 0. The van der Waals surface area contributed by atoms with Crippen LogP contribution in [0.3, 0.4) is 0 Å². The van der Waals surface area contributed by atoms with Gasteiger partial charge in [-0.3, -0.25) is 14.5 Å². The van der Waals surface area contributed by atoms with Crippen LogP contribution in [0, 0.1) is 17.5 Å². The number of aromatic nitrogens is 5. The lowest BCUT2D eigenvalue weighted by Gasteiger charge is -2.23. The van der Waals surface area contributed by atoms with Gasteiger partial charge in [0.05, 0.1) is 35.3 Å². The van der Waals surface area contributed by atoms with Crippen LogP contribution in [0.1, 0.15) is 60.5 Å². The van der Waals surface area contributed by atoms with Crippen LogP contribution < -0.4 is 5.56 Å². The predicted molar refractivity (Wildman–Crippen MR) is 136 cm³/mol. The summed E-state index contributed by atoms with van der Waals surface area (Å²) in [6.07, 6.45) is -3.32. The summed E-state index contributed by atoms with van der Waals surface area (Å²) >= 11 is 0. The van der Waals surface area contributed by atoms with Crippen LogP contribution >= 0.6 is 0 Å². The molecule has 5 rings (SSSR count). The van der Waals surface area contributed by atoms with Crippen LogP contribution in [-0.4, -0.2) is 24.5 Å². The monoisotopic (exact) mass is 617 g/mol. The van der Waals surface area contributed by atoms with Gasteiger partial charge in [0.1, 0.15) is 17.5 Å². The second-order valence-corrected chi connectivity index (χ2v) is 9.89. The Morgan fingerprint density at radius 3 is 2.05 bits per heavy atom. The highest BCUT2D eigenvalue weighted by atomic mass is 19.4. The van der Waals surface area contributed by atoms with Gasteiger partial charge in [-0.1, -0.05) is 19.3 Å². The molecular formula is C28H24F9N5O. The molecule has 3 aromatic heterocycles. The average molecular weight is 618 g/mol. The van der Waals surface area contributed by atoms with E-state index in [2.05, 4.69) is 15.2 Å². The molecule has 1 aliphatic carbocycles. The van der Waals surface area contributed by atoms with Gasteiger partial charge in [0.25, 0.3) is 5.56 Å². The number of aryl methyl sites for hydroxylation is 1. The normalized spacial score (nSPS) is 14.4. The smallest absolute Gasteiger partial charge is 0.267 e. The van der Waals surface area contributed by atoms with Crippen LogP contribution in [0.5, 0.6) is 0 Å². The Balaban J connectivity index is 0.000000403. The maximum absolute atomic E-state index is 13.7. The molecule has 43 heavy (non-hydrogen) atoms. The maximum atomic E-state index is 13.7. The molecule has 1 aromatic carbocycles. The van der Waals surface area contributed by atoms with Crippen molar-refractivity contribution in [2.75, 3.05) is 0 Å². The molecule has 0 radical (unpaired) electrons. The number of nitrogens with zero attached hydrogens (tertiary/aromatic N) is 5. The first-order chi connectivity index (χ1) is 20.1. The van der Waals surface area contributed by atoms with Gasteiger partial charge in [-0.2, -0.15) is 36.5 Å². The lowest BCUT2D eigenvalue weighted by molar-refractivity contribution is -0.143. The largest absolute Gasteiger partial charge is 0.433 e. The number of halogens is 9. The maximum Gasteiger partial charge on any atom is 0.433 e. The van der Waals surface area contributed by atoms with Crippen molar-refractivity contribution >= 4 is 0 Å². The standard InChI is InChI=1S/C22H21F6N5O.C6H3F3/c1-32-19(22(26,27)28)15(11-30-32)17-10-14(13-6-3-2-4-7-13)20(34)33(31-17)12-18-16(21(23,24)25)8-5-9-29-18;7-4-1-5(8)3-6(9)2-4/h5,8-11,13H,2-4,6-7,12H2,1H3;1-3H. The van der Waals surface area contributed by atoms with Crippen molar-refractivity contribution in [3.63, 3.8) is 0 Å². The molecule has 0 N–H and O–H groups in total. The molecule has 1 saturated carbocycles. The summed E-state index contributed by atoms with van der Waals surface area (Å²) in [7, 11) is 1.13. The molecule has 1 aliphatic rings. The van der Waals surface area contributed by atoms with E-state index in [-0.39, 0.29) is 22.7 Å². The third-order valence-corrected chi connectivity index (χ3v) is 6.85. The molecule has 0 spiro atoms. The second kappa shape index (κ2) is 12.6. The minimum atomic E-state index is -4.75. The minimum Gasteiger partial charge on any atom is -0.267 e. The van der Waals surface area contributed by atoms with Crippen molar-refractivity contribution in [3.8, 4) is 11.3 Å². The van der Waals surface area contributed by atoms with E-state index in [4.69, 9.17) is 0 Å². The van der Waals surface area contributed by atoms with Gasteiger partial charge < -0.3 is 0 Å². The van der Waals surface area contributed by atoms with Crippen molar-refractivity contribution in [1.82, 2.24) is 24.5 Å². The summed E-state index contributed by atoms with van der Waals surface area (Å²) in [6.45, 7) is -0.635. The molecule has 0 aliphatic heterocycles. The van der Waals surface area contributed by atoms with Gasteiger partial charge in [-0.25, -0.2) is 17.9 Å². The summed E-state index contributed by atoms with van der Waals surface area (Å²) in [5, 5.41) is 7.74. The highest BCUT2D eigenvalue weighted by Crippen LogP contribution is 2.38. The third kappa shape index (κ3) is 7.62. The Morgan fingerprint density at radius 2 is 1.49 bits per heavy atom. The Hall–Kier alpha value is -4.17. The van der Waals surface area contributed by atoms with Crippen LogP contribution in [0.25, 0.3) is 11.3 Å². The molecule has 0 bridgehead atoms. The Labute approximate surface area is 238 Å². The molecular weight excluding hydrogens is 593 g/mol. The van der Waals surface area contributed by atoms with Crippen molar-refractivity contribution in [1.29, 1.82) is 0 Å². The van der Waals surface area contributed by atoms with E-state index in [1.165, 1.54) is 6.07 Å². The van der Waals surface area contributed by atoms with E-state index in [9.17, 15) is 44.3 Å². The Bertz CT molecular complexity index is 1590. The Morgan fingerprint density at radius 1 is 0.884 bits per heavy atom. The number of hydrogen-bond acceptors (Lipinski definition) is 4. The molecule has 0 unspecified atom stereocenters. The fourth-order valence-electron chi connectivity index (χ4n) is 4.95. The highest BCUT2D eigenvalue weighted by molar-refractivity contribution is 5.62. The molecule has 0 atom stereocenters. The summed E-state index contributed by atoms with van der Waals surface area (Å²) in [6, 6.07) is 5.12. The van der Waals surface area contributed by atoms with E-state index in [0.717, 1.165) is 55.5 Å². The zero-order valence-corrected chi connectivity index (χ0v) is 22.5. The number of pyridine rings is 1. The second-order valence-electron chi connectivity index (χ2n) is 9.89. The van der Waals surface area contributed by atoms with Gasteiger partial charge >= 0.3 is 12.4 Å². The van der Waals surface area contributed by atoms with E-state index < -0.39 is 58.9 Å². The molecule has 4 aromatic rings. The number of alkyl halides is 6. The van der Waals surface area contributed by atoms with Gasteiger partial charge in [-0.15, -0.1) is 0 Å². The molecule has 6 nitrogen and oxygen atoms in total. The third-order valence-electron chi connectivity index (χ3n) is 6.85. The van der Waals surface area contributed by atoms with Gasteiger partial charge in [0.15, 0.2) is 5.69 Å². The minimum absolute atomic E-state index is 0.176. The van der Waals surface area contributed by atoms with Gasteiger partial charge in [0, 0.05) is 37.0 Å². The Kier molecular flexibility index (Phi) is 9.30. The van der Waals surface area contributed by atoms with E-state index in [0.29, 0.717) is 35.7 Å². The highest BCUT2D eigenvalue weighted by Gasteiger charge is 2.39. The molecule has 230 valence electrons. The van der Waals surface area contributed by atoms with Crippen LogP contribution in [-0.2, 0) is 25.9 Å². The average Bonchev–Trinajstić information content (AvgIpc) is 3.32. The fourth-order valence-corrected chi connectivity index (χ4v) is 4.95. The van der Waals surface area contributed by atoms with Crippen molar-refractivity contribution in [2.45, 2.75) is 56.9 Å². The summed E-state index contributed by atoms with van der Waals surface area (Å²) in [5.41, 5.74) is -3.46. The first-order valence-corrected chi connectivity index (χ1v) is 13.0. The molecule has 15 heteroatoms.